The van der Waals surface area contributed by atoms with Crippen LogP contribution in [0.25, 0.3) is 0 Å². The number of rotatable bonds is 5. The van der Waals surface area contributed by atoms with Gasteiger partial charge in [0, 0.05) is 32.7 Å². The van der Waals surface area contributed by atoms with Crippen molar-refractivity contribution in [2.24, 2.45) is 0 Å². The average molecular weight is 263 g/mol. The highest BCUT2D eigenvalue weighted by Crippen LogP contribution is 2.27. The number of hydrogen-bond donors (Lipinski definition) is 1. The SMILES string of the molecule is CCC(CC)N(C)c1ccc(C(=O)N(C)C)cc1N. The van der Waals surface area contributed by atoms with Crippen LogP contribution in [0.1, 0.15) is 37.0 Å². The first-order valence-corrected chi connectivity index (χ1v) is 6.76. The van der Waals surface area contributed by atoms with Gasteiger partial charge in [0.25, 0.3) is 5.91 Å². The quantitative estimate of drug-likeness (QED) is 0.831. The molecule has 0 radical (unpaired) electrons. The van der Waals surface area contributed by atoms with E-state index in [1.165, 1.54) is 0 Å². The molecule has 0 saturated carbocycles. The third-order valence-electron chi connectivity index (χ3n) is 3.55. The molecule has 2 N–H and O–H groups in total. The molecular formula is C15H25N3O. The summed E-state index contributed by atoms with van der Waals surface area (Å²) in [7, 11) is 5.53. The maximum absolute atomic E-state index is 11.9. The Morgan fingerprint density at radius 2 is 1.79 bits per heavy atom. The van der Waals surface area contributed by atoms with Gasteiger partial charge in [-0.25, -0.2) is 0 Å². The molecule has 0 bridgehead atoms. The summed E-state index contributed by atoms with van der Waals surface area (Å²) >= 11 is 0. The van der Waals surface area contributed by atoms with Crippen molar-refractivity contribution in [2.45, 2.75) is 32.7 Å². The van der Waals surface area contributed by atoms with E-state index in [1.54, 1.807) is 25.1 Å². The number of amides is 1. The zero-order valence-electron chi connectivity index (χ0n) is 12.6. The van der Waals surface area contributed by atoms with Crippen molar-refractivity contribution >= 4 is 17.3 Å². The molecule has 0 heterocycles. The molecule has 1 aromatic rings. The average Bonchev–Trinajstić information content (AvgIpc) is 2.38. The minimum atomic E-state index is -0.0246. The van der Waals surface area contributed by atoms with Crippen molar-refractivity contribution in [3.05, 3.63) is 23.8 Å². The van der Waals surface area contributed by atoms with E-state index in [0.717, 1.165) is 18.5 Å². The molecule has 0 unspecified atom stereocenters. The third-order valence-corrected chi connectivity index (χ3v) is 3.55. The van der Waals surface area contributed by atoms with Crippen LogP contribution in [0.5, 0.6) is 0 Å². The fourth-order valence-corrected chi connectivity index (χ4v) is 2.30. The molecule has 0 aliphatic heterocycles. The van der Waals surface area contributed by atoms with Crippen molar-refractivity contribution in [3.63, 3.8) is 0 Å². The lowest BCUT2D eigenvalue weighted by Crippen LogP contribution is -2.31. The molecule has 106 valence electrons. The third kappa shape index (κ3) is 3.40. The lowest BCUT2D eigenvalue weighted by Gasteiger charge is -2.29. The molecule has 1 amide bonds. The van der Waals surface area contributed by atoms with Crippen LogP contribution in [0.4, 0.5) is 11.4 Å². The molecule has 1 aromatic carbocycles. The normalized spacial score (nSPS) is 10.6. The summed E-state index contributed by atoms with van der Waals surface area (Å²) in [5.74, 6) is -0.0246. The van der Waals surface area contributed by atoms with Gasteiger partial charge in [-0.05, 0) is 31.0 Å². The highest BCUT2D eigenvalue weighted by molar-refractivity contribution is 5.95. The number of hydrogen-bond acceptors (Lipinski definition) is 3. The van der Waals surface area contributed by atoms with Crippen LogP contribution in [0, 0.1) is 0 Å². The molecule has 1 rings (SSSR count). The van der Waals surface area contributed by atoms with Crippen molar-refractivity contribution in [1.82, 2.24) is 4.90 Å². The zero-order chi connectivity index (χ0) is 14.6. The molecular weight excluding hydrogens is 238 g/mol. The second-order valence-corrected chi connectivity index (χ2v) is 5.05. The van der Waals surface area contributed by atoms with E-state index in [1.807, 2.05) is 12.1 Å². The van der Waals surface area contributed by atoms with Crippen LogP contribution < -0.4 is 10.6 Å². The van der Waals surface area contributed by atoms with Gasteiger partial charge in [-0.2, -0.15) is 0 Å². The lowest BCUT2D eigenvalue weighted by atomic mass is 10.1. The van der Waals surface area contributed by atoms with Crippen LogP contribution in [0.3, 0.4) is 0 Å². The molecule has 0 aromatic heterocycles. The molecule has 0 atom stereocenters. The van der Waals surface area contributed by atoms with Gasteiger partial charge < -0.3 is 15.5 Å². The Hall–Kier alpha value is -1.71. The molecule has 0 saturated heterocycles. The van der Waals surface area contributed by atoms with Gasteiger partial charge in [0.05, 0.1) is 11.4 Å². The number of anilines is 2. The summed E-state index contributed by atoms with van der Waals surface area (Å²) in [6, 6.07) is 6.01. The van der Waals surface area contributed by atoms with Crippen molar-refractivity contribution in [2.75, 3.05) is 31.8 Å². The van der Waals surface area contributed by atoms with Gasteiger partial charge in [-0.15, -0.1) is 0 Å². The molecule has 4 heteroatoms. The molecule has 0 fully saturated rings. The second-order valence-electron chi connectivity index (χ2n) is 5.05. The maximum Gasteiger partial charge on any atom is 0.253 e. The Morgan fingerprint density at radius 1 is 1.21 bits per heavy atom. The standard InChI is InChI=1S/C15H25N3O/c1-6-12(7-2)18(5)14-9-8-11(10-13(14)16)15(19)17(3)4/h8-10,12H,6-7,16H2,1-5H3. The molecule has 0 aliphatic carbocycles. The van der Waals surface area contributed by atoms with E-state index in [9.17, 15) is 4.79 Å². The summed E-state index contributed by atoms with van der Waals surface area (Å²) in [6.07, 6.45) is 2.15. The highest BCUT2D eigenvalue weighted by Gasteiger charge is 2.15. The van der Waals surface area contributed by atoms with Crippen molar-refractivity contribution < 1.29 is 4.79 Å². The van der Waals surface area contributed by atoms with Crippen LogP contribution in [0.2, 0.25) is 0 Å². The number of carbonyl (C=O) groups is 1. The Kier molecular flexibility index (Phi) is 5.21. The second kappa shape index (κ2) is 6.45. The number of benzene rings is 1. The zero-order valence-corrected chi connectivity index (χ0v) is 12.6. The largest absolute Gasteiger partial charge is 0.397 e. The first kappa shape index (κ1) is 15.3. The van der Waals surface area contributed by atoms with Gasteiger partial charge in [0.15, 0.2) is 0 Å². The van der Waals surface area contributed by atoms with Crippen LogP contribution in [-0.2, 0) is 0 Å². The Labute approximate surface area is 116 Å². The topological polar surface area (TPSA) is 49.6 Å². The summed E-state index contributed by atoms with van der Waals surface area (Å²) in [5.41, 5.74) is 8.37. The van der Waals surface area contributed by atoms with Crippen LogP contribution >= 0.6 is 0 Å². The van der Waals surface area contributed by atoms with Gasteiger partial charge in [-0.3, -0.25) is 4.79 Å². The number of nitrogens with two attached hydrogens (primary N) is 1. The Morgan fingerprint density at radius 3 is 2.21 bits per heavy atom. The smallest absolute Gasteiger partial charge is 0.253 e. The van der Waals surface area contributed by atoms with E-state index in [-0.39, 0.29) is 5.91 Å². The monoisotopic (exact) mass is 263 g/mol. The predicted octanol–water partition coefficient (Wildman–Crippen LogP) is 2.60. The summed E-state index contributed by atoms with van der Waals surface area (Å²) in [4.78, 5) is 15.6. The van der Waals surface area contributed by atoms with E-state index < -0.39 is 0 Å². The fraction of sp³-hybridized carbons (Fsp3) is 0.533. The van der Waals surface area contributed by atoms with Crippen molar-refractivity contribution in [1.29, 1.82) is 0 Å². The van der Waals surface area contributed by atoms with E-state index in [4.69, 9.17) is 5.73 Å². The van der Waals surface area contributed by atoms with Crippen molar-refractivity contribution in [3.8, 4) is 0 Å². The number of nitrogens with zero attached hydrogens (tertiary/aromatic N) is 2. The minimum absolute atomic E-state index is 0.0246. The summed E-state index contributed by atoms with van der Waals surface area (Å²) in [6.45, 7) is 4.34. The molecule has 19 heavy (non-hydrogen) atoms. The lowest BCUT2D eigenvalue weighted by molar-refractivity contribution is 0.0827. The molecule has 0 spiro atoms. The van der Waals surface area contributed by atoms with E-state index in [0.29, 0.717) is 17.3 Å². The fourth-order valence-electron chi connectivity index (χ4n) is 2.30. The minimum Gasteiger partial charge on any atom is -0.397 e. The van der Waals surface area contributed by atoms with Crippen LogP contribution in [-0.4, -0.2) is 38.0 Å². The Balaban J connectivity index is 3.03. The maximum atomic E-state index is 11.9. The number of carbonyl (C=O) groups excluding carboxylic acids is 1. The Bertz CT molecular complexity index is 439. The van der Waals surface area contributed by atoms with Gasteiger partial charge >= 0.3 is 0 Å². The highest BCUT2D eigenvalue weighted by atomic mass is 16.2. The number of nitrogen functional groups attached to an aromatic ring is 1. The first-order valence-electron chi connectivity index (χ1n) is 6.76. The first-order chi connectivity index (χ1) is 8.92. The summed E-state index contributed by atoms with van der Waals surface area (Å²) in [5, 5.41) is 0. The predicted molar refractivity (Wildman–Crippen MR) is 81.6 cm³/mol. The van der Waals surface area contributed by atoms with Gasteiger partial charge in [0.1, 0.15) is 0 Å². The van der Waals surface area contributed by atoms with E-state index in [2.05, 4.69) is 25.8 Å². The summed E-state index contributed by atoms with van der Waals surface area (Å²) < 4.78 is 0. The molecule has 0 aliphatic rings. The van der Waals surface area contributed by atoms with Crippen LogP contribution in [0.15, 0.2) is 18.2 Å². The molecule has 4 nitrogen and oxygen atoms in total. The van der Waals surface area contributed by atoms with Gasteiger partial charge in [-0.1, -0.05) is 13.8 Å². The van der Waals surface area contributed by atoms with E-state index >= 15 is 0 Å². The van der Waals surface area contributed by atoms with Gasteiger partial charge in [0.2, 0.25) is 0 Å².